The molecular formula is C9H16O3. The van der Waals surface area contributed by atoms with Crippen molar-refractivity contribution in [3.05, 3.63) is 11.6 Å². The van der Waals surface area contributed by atoms with Gasteiger partial charge in [-0.25, -0.2) is 4.79 Å². The molecule has 0 aromatic carbocycles. The SMILES string of the molecule is CCOC/C(=C/C(=O)O)C(C)C. The summed E-state index contributed by atoms with van der Waals surface area (Å²) in [5.41, 5.74) is 0.823. The second kappa shape index (κ2) is 5.77. The van der Waals surface area contributed by atoms with Gasteiger partial charge in [-0.3, -0.25) is 0 Å². The van der Waals surface area contributed by atoms with Gasteiger partial charge < -0.3 is 9.84 Å². The molecule has 0 amide bonds. The summed E-state index contributed by atoms with van der Waals surface area (Å²) in [6, 6.07) is 0. The highest BCUT2D eigenvalue weighted by molar-refractivity contribution is 5.80. The Morgan fingerprint density at radius 3 is 2.50 bits per heavy atom. The number of carbonyl (C=O) groups is 1. The third kappa shape index (κ3) is 4.91. The normalized spacial score (nSPS) is 12.2. The van der Waals surface area contributed by atoms with E-state index in [0.29, 0.717) is 13.2 Å². The number of hydrogen-bond acceptors (Lipinski definition) is 2. The third-order valence-electron chi connectivity index (χ3n) is 1.52. The lowest BCUT2D eigenvalue weighted by atomic mass is 10.0. The average molecular weight is 172 g/mol. The molecule has 70 valence electrons. The van der Waals surface area contributed by atoms with Crippen LogP contribution >= 0.6 is 0 Å². The van der Waals surface area contributed by atoms with Crippen LogP contribution in [0.4, 0.5) is 0 Å². The highest BCUT2D eigenvalue weighted by Crippen LogP contribution is 2.09. The summed E-state index contributed by atoms with van der Waals surface area (Å²) in [7, 11) is 0. The first kappa shape index (κ1) is 11.2. The van der Waals surface area contributed by atoms with E-state index >= 15 is 0 Å². The first-order valence-corrected chi connectivity index (χ1v) is 4.09. The summed E-state index contributed by atoms with van der Waals surface area (Å²) < 4.78 is 5.13. The molecule has 0 aliphatic carbocycles. The van der Waals surface area contributed by atoms with Crippen molar-refractivity contribution in [1.29, 1.82) is 0 Å². The van der Waals surface area contributed by atoms with Gasteiger partial charge in [0.05, 0.1) is 6.61 Å². The quantitative estimate of drug-likeness (QED) is 0.642. The van der Waals surface area contributed by atoms with Crippen molar-refractivity contribution in [2.45, 2.75) is 20.8 Å². The van der Waals surface area contributed by atoms with Gasteiger partial charge in [0.15, 0.2) is 0 Å². The Hall–Kier alpha value is -0.830. The van der Waals surface area contributed by atoms with Crippen LogP contribution in [0, 0.1) is 5.92 Å². The number of aliphatic carboxylic acids is 1. The van der Waals surface area contributed by atoms with Crippen LogP contribution in [0.3, 0.4) is 0 Å². The van der Waals surface area contributed by atoms with Gasteiger partial charge in [0, 0.05) is 12.7 Å². The lowest BCUT2D eigenvalue weighted by molar-refractivity contribution is -0.131. The summed E-state index contributed by atoms with van der Waals surface area (Å²) in [5.74, 6) is -0.675. The largest absolute Gasteiger partial charge is 0.478 e. The van der Waals surface area contributed by atoms with E-state index in [1.54, 1.807) is 0 Å². The van der Waals surface area contributed by atoms with E-state index in [2.05, 4.69) is 0 Å². The van der Waals surface area contributed by atoms with Crippen LogP contribution in [-0.2, 0) is 9.53 Å². The lowest BCUT2D eigenvalue weighted by Crippen LogP contribution is -2.06. The van der Waals surface area contributed by atoms with Gasteiger partial charge in [0.1, 0.15) is 0 Å². The van der Waals surface area contributed by atoms with E-state index < -0.39 is 5.97 Å². The maximum atomic E-state index is 10.3. The van der Waals surface area contributed by atoms with Crippen LogP contribution in [0.25, 0.3) is 0 Å². The van der Waals surface area contributed by atoms with E-state index in [4.69, 9.17) is 9.84 Å². The van der Waals surface area contributed by atoms with Gasteiger partial charge in [-0.15, -0.1) is 0 Å². The number of carboxylic acids is 1. The average Bonchev–Trinajstić information content (AvgIpc) is 1.96. The topological polar surface area (TPSA) is 46.5 Å². The summed E-state index contributed by atoms with van der Waals surface area (Å²) in [5, 5.41) is 8.50. The molecule has 0 aliphatic rings. The maximum absolute atomic E-state index is 10.3. The second-order valence-electron chi connectivity index (χ2n) is 2.85. The molecule has 3 nitrogen and oxygen atoms in total. The Kier molecular flexibility index (Phi) is 5.37. The van der Waals surface area contributed by atoms with E-state index in [1.807, 2.05) is 20.8 Å². The van der Waals surface area contributed by atoms with Crippen LogP contribution in [0.5, 0.6) is 0 Å². The molecule has 0 heterocycles. The van der Waals surface area contributed by atoms with Crippen LogP contribution in [0.1, 0.15) is 20.8 Å². The molecular weight excluding hydrogens is 156 g/mol. The van der Waals surface area contributed by atoms with E-state index in [1.165, 1.54) is 6.08 Å². The third-order valence-corrected chi connectivity index (χ3v) is 1.52. The highest BCUT2D eigenvalue weighted by atomic mass is 16.5. The van der Waals surface area contributed by atoms with Crippen molar-refractivity contribution in [3.63, 3.8) is 0 Å². The van der Waals surface area contributed by atoms with Crippen LogP contribution in [-0.4, -0.2) is 24.3 Å². The molecule has 12 heavy (non-hydrogen) atoms. The van der Waals surface area contributed by atoms with Crippen molar-refractivity contribution in [2.75, 3.05) is 13.2 Å². The molecule has 0 atom stereocenters. The summed E-state index contributed by atoms with van der Waals surface area (Å²) in [6.07, 6.45) is 1.22. The standard InChI is InChI=1S/C9H16O3/c1-4-12-6-8(7(2)3)5-9(10)11/h5,7H,4,6H2,1-3H3,(H,10,11)/b8-5-. The Bertz CT molecular complexity index is 171. The molecule has 0 saturated carbocycles. The minimum absolute atomic E-state index is 0.229. The monoisotopic (exact) mass is 172 g/mol. The van der Waals surface area contributed by atoms with E-state index in [0.717, 1.165) is 5.57 Å². The Morgan fingerprint density at radius 2 is 2.17 bits per heavy atom. The smallest absolute Gasteiger partial charge is 0.328 e. The van der Waals surface area contributed by atoms with Crippen molar-refractivity contribution in [2.24, 2.45) is 5.92 Å². The van der Waals surface area contributed by atoms with Gasteiger partial charge in [0.2, 0.25) is 0 Å². The van der Waals surface area contributed by atoms with E-state index in [-0.39, 0.29) is 5.92 Å². The fraction of sp³-hybridized carbons (Fsp3) is 0.667. The zero-order chi connectivity index (χ0) is 9.56. The first-order valence-electron chi connectivity index (χ1n) is 4.09. The highest BCUT2D eigenvalue weighted by Gasteiger charge is 2.04. The molecule has 0 rings (SSSR count). The van der Waals surface area contributed by atoms with Crippen LogP contribution in [0.15, 0.2) is 11.6 Å². The summed E-state index contributed by atoms with van der Waals surface area (Å²) >= 11 is 0. The molecule has 3 heteroatoms. The minimum Gasteiger partial charge on any atom is -0.478 e. The zero-order valence-electron chi connectivity index (χ0n) is 7.83. The molecule has 0 aliphatic heterocycles. The molecule has 0 unspecified atom stereocenters. The Labute approximate surface area is 73.0 Å². The summed E-state index contributed by atoms with van der Waals surface area (Å²) in [4.78, 5) is 10.3. The van der Waals surface area contributed by atoms with Crippen molar-refractivity contribution < 1.29 is 14.6 Å². The van der Waals surface area contributed by atoms with Gasteiger partial charge in [-0.1, -0.05) is 13.8 Å². The van der Waals surface area contributed by atoms with E-state index in [9.17, 15) is 4.79 Å². The van der Waals surface area contributed by atoms with Gasteiger partial charge in [0.25, 0.3) is 0 Å². The molecule has 0 fully saturated rings. The summed E-state index contributed by atoms with van der Waals surface area (Å²) in [6.45, 7) is 6.82. The minimum atomic E-state index is -0.904. The molecule has 0 radical (unpaired) electrons. The molecule has 1 N–H and O–H groups in total. The molecule has 0 aromatic heterocycles. The predicted octanol–water partition coefficient (Wildman–Crippen LogP) is 1.69. The van der Waals surface area contributed by atoms with Gasteiger partial charge in [-0.2, -0.15) is 0 Å². The lowest BCUT2D eigenvalue weighted by Gasteiger charge is -2.09. The first-order chi connectivity index (χ1) is 5.57. The number of rotatable bonds is 5. The van der Waals surface area contributed by atoms with Crippen LogP contribution < -0.4 is 0 Å². The van der Waals surface area contributed by atoms with Gasteiger partial charge in [-0.05, 0) is 18.4 Å². The molecule has 0 saturated heterocycles. The number of hydrogen-bond donors (Lipinski definition) is 1. The Balaban J connectivity index is 4.13. The molecule has 0 bridgehead atoms. The molecule has 0 aromatic rings. The van der Waals surface area contributed by atoms with Crippen molar-refractivity contribution in [1.82, 2.24) is 0 Å². The van der Waals surface area contributed by atoms with Crippen LogP contribution in [0.2, 0.25) is 0 Å². The fourth-order valence-electron chi connectivity index (χ4n) is 0.754. The number of ether oxygens (including phenoxy) is 1. The number of carboxylic acid groups (broad SMARTS) is 1. The zero-order valence-corrected chi connectivity index (χ0v) is 7.83. The Morgan fingerprint density at radius 1 is 1.58 bits per heavy atom. The predicted molar refractivity (Wildman–Crippen MR) is 47.0 cm³/mol. The van der Waals surface area contributed by atoms with Gasteiger partial charge >= 0.3 is 5.97 Å². The van der Waals surface area contributed by atoms with Crippen molar-refractivity contribution in [3.8, 4) is 0 Å². The van der Waals surface area contributed by atoms with Crippen molar-refractivity contribution >= 4 is 5.97 Å². The second-order valence-corrected chi connectivity index (χ2v) is 2.85. The maximum Gasteiger partial charge on any atom is 0.328 e. The fourth-order valence-corrected chi connectivity index (χ4v) is 0.754. The molecule has 0 spiro atoms.